The topological polar surface area (TPSA) is 39.1 Å². The smallest absolute Gasteiger partial charge is 0.101 e. The van der Waals surface area contributed by atoms with E-state index in [1.807, 2.05) is 18.2 Å². The molecule has 0 aliphatic carbocycles. The van der Waals surface area contributed by atoms with Crippen molar-refractivity contribution in [1.29, 1.82) is 5.26 Å². The van der Waals surface area contributed by atoms with Gasteiger partial charge >= 0.3 is 0 Å². The zero-order valence-electron chi connectivity index (χ0n) is 10.6. The first-order chi connectivity index (χ1) is 8.90. The molecular weight excluding hydrogens is 222 g/mol. The molecule has 1 aromatic carbocycles. The fourth-order valence-corrected chi connectivity index (χ4v) is 3.37. The third kappa shape index (κ3) is 1.97. The number of nitrogens with one attached hydrogen (secondary N) is 1. The molecule has 94 valence electrons. The summed E-state index contributed by atoms with van der Waals surface area (Å²) >= 11 is 0. The van der Waals surface area contributed by atoms with Gasteiger partial charge in [-0.25, -0.2) is 0 Å². The van der Waals surface area contributed by atoms with Crippen LogP contribution in [0.2, 0.25) is 0 Å². The molecule has 2 saturated heterocycles. The van der Waals surface area contributed by atoms with E-state index < -0.39 is 0 Å². The zero-order chi connectivity index (χ0) is 12.4. The predicted molar refractivity (Wildman–Crippen MR) is 72.5 cm³/mol. The molecule has 2 atom stereocenters. The van der Waals surface area contributed by atoms with E-state index in [9.17, 15) is 5.26 Å². The highest BCUT2D eigenvalue weighted by atomic mass is 15.2. The molecule has 0 bridgehead atoms. The molecule has 0 amide bonds. The third-order valence-electron chi connectivity index (χ3n) is 4.20. The average Bonchev–Trinajstić information content (AvgIpc) is 3.09. The van der Waals surface area contributed by atoms with Crippen LogP contribution in [0, 0.1) is 11.3 Å². The number of rotatable bonds is 2. The molecule has 2 unspecified atom stereocenters. The minimum atomic E-state index is 0.571. The Morgan fingerprint density at radius 2 is 2.11 bits per heavy atom. The van der Waals surface area contributed by atoms with Crippen LogP contribution in [-0.2, 0) is 0 Å². The van der Waals surface area contributed by atoms with Crippen molar-refractivity contribution in [2.24, 2.45) is 0 Å². The van der Waals surface area contributed by atoms with Crippen LogP contribution >= 0.6 is 0 Å². The molecule has 18 heavy (non-hydrogen) atoms. The van der Waals surface area contributed by atoms with Gasteiger partial charge in [0.25, 0.3) is 0 Å². The number of hydrogen-bond donors (Lipinski definition) is 1. The van der Waals surface area contributed by atoms with E-state index in [1.54, 1.807) is 0 Å². The maximum Gasteiger partial charge on any atom is 0.101 e. The van der Waals surface area contributed by atoms with Gasteiger partial charge in [0.15, 0.2) is 0 Å². The summed E-state index contributed by atoms with van der Waals surface area (Å²) in [4.78, 5) is 2.45. The fourth-order valence-electron chi connectivity index (χ4n) is 3.37. The molecule has 0 spiro atoms. The molecule has 2 aliphatic rings. The van der Waals surface area contributed by atoms with Crippen molar-refractivity contribution in [2.45, 2.75) is 37.8 Å². The van der Waals surface area contributed by atoms with Crippen molar-refractivity contribution < 1.29 is 0 Å². The van der Waals surface area contributed by atoms with Gasteiger partial charge in [-0.3, -0.25) is 0 Å². The molecule has 3 heteroatoms. The lowest BCUT2D eigenvalue weighted by Crippen LogP contribution is -2.44. The van der Waals surface area contributed by atoms with Gasteiger partial charge in [0.2, 0.25) is 0 Å². The van der Waals surface area contributed by atoms with Crippen molar-refractivity contribution in [3.05, 3.63) is 29.8 Å². The summed E-state index contributed by atoms with van der Waals surface area (Å²) in [5.74, 6) is 0. The minimum Gasteiger partial charge on any atom is -0.366 e. The van der Waals surface area contributed by atoms with Crippen LogP contribution in [0.1, 0.15) is 31.2 Å². The zero-order valence-corrected chi connectivity index (χ0v) is 10.6. The molecule has 3 nitrogen and oxygen atoms in total. The first-order valence-corrected chi connectivity index (χ1v) is 6.89. The van der Waals surface area contributed by atoms with Crippen LogP contribution in [0.5, 0.6) is 0 Å². The van der Waals surface area contributed by atoms with Gasteiger partial charge in [0, 0.05) is 18.6 Å². The number of hydrogen-bond acceptors (Lipinski definition) is 3. The van der Waals surface area contributed by atoms with Gasteiger partial charge in [0.1, 0.15) is 6.07 Å². The molecule has 0 saturated carbocycles. The predicted octanol–water partition coefficient (Wildman–Crippen LogP) is 2.28. The Hall–Kier alpha value is -1.53. The van der Waals surface area contributed by atoms with Crippen molar-refractivity contribution in [2.75, 3.05) is 18.0 Å². The number of nitriles is 1. The first-order valence-electron chi connectivity index (χ1n) is 6.89. The normalized spacial score (nSPS) is 27.4. The fraction of sp³-hybridized carbons (Fsp3) is 0.533. The summed E-state index contributed by atoms with van der Waals surface area (Å²) in [5, 5.41) is 12.8. The summed E-state index contributed by atoms with van der Waals surface area (Å²) in [6.45, 7) is 2.23. The van der Waals surface area contributed by atoms with E-state index >= 15 is 0 Å². The van der Waals surface area contributed by atoms with Crippen molar-refractivity contribution in [1.82, 2.24) is 5.32 Å². The number of nitrogens with zero attached hydrogens (tertiary/aromatic N) is 2. The lowest BCUT2D eigenvalue weighted by molar-refractivity contribution is 0.482. The highest BCUT2D eigenvalue weighted by Crippen LogP contribution is 2.31. The van der Waals surface area contributed by atoms with Gasteiger partial charge in [-0.2, -0.15) is 5.26 Å². The Bertz CT molecular complexity index is 457. The van der Waals surface area contributed by atoms with Gasteiger partial charge in [0.05, 0.1) is 11.3 Å². The maximum absolute atomic E-state index is 9.24. The molecule has 3 rings (SSSR count). The van der Waals surface area contributed by atoms with E-state index in [0.717, 1.165) is 24.3 Å². The van der Waals surface area contributed by atoms with E-state index in [4.69, 9.17) is 0 Å². The summed E-state index contributed by atoms with van der Waals surface area (Å²) in [6.07, 6.45) is 5.05. The SMILES string of the molecule is N#Cc1ccccc1N1CCCC1C1CCCN1. The Kier molecular flexibility index (Phi) is 3.21. The van der Waals surface area contributed by atoms with Crippen LogP contribution < -0.4 is 10.2 Å². The Morgan fingerprint density at radius 3 is 2.89 bits per heavy atom. The Labute approximate surface area is 108 Å². The molecule has 0 aromatic heterocycles. The summed E-state index contributed by atoms with van der Waals surface area (Å²) < 4.78 is 0. The van der Waals surface area contributed by atoms with Gasteiger partial charge in [-0.15, -0.1) is 0 Å². The van der Waals surface area contributed by atoms with Crippen LogP contribution in [0.3, 0.4) is 0 Å². The maximum atomic E-state index is 9.24. The second kappa shape index (κ2) is 4.99. The lowest BCUT2D eigenvalue weighted by atomic mass is 10.0. The Balaban J connectivity index is 1.88. The lowest BCUT2D eigenvalue weighted by Gasteiger charge is -2.32. The van der Waals surface area contributed by atoms with Crippen LogP contribution in [0.15, 0.2) is 24.3 Å². The molecule has 0 radical (unpaired) electrons. The standard InChI is InChI=1S/C15H19N3/c16-11-12-5-1-2-7-14(12)18-10-4-8-15(18)13-6-3-9-17-13/h1-2,5,7,13,15,17H,3-4,6,8-10H2. The number of anilines is 1. The summed E-state index contributed by atoms with van der Waals surface area (Å²) in [6, 6.07) is 11.5. The van der Waals surface area contributed by atoms with E-state index in [1.165, 1.54) is 25.7 Å². The molecule has 2 fully saturated rings. The van der Waals surface area contributed by atoms with Gasteiger partial charge < -0.3 is 10.2 Å². The van der Waals surface area contributed by atoms with E-state index in [2.05, 4.69) is 22.4 Å². The summed E-state index contributed by atoms with van der Waals surface area (Å²) in [7, 11) is 0. The largest absolute Gasteiger partial charge is 0.366 e. The second-order valence-electron chi connectivity index (χ2n) is 5.23. The highest BCUT2D eigenvalue weighted by molar-refractivity contribution is 5.60. The molecule has 1 N–H and O–H groups in total. The van der Waals surface area contributed by atoms with Crippen molar-refractivity contribution >= 4 is 5.69 Å². The highest BCUT2D eigenvalue weighted by Gasteiger charge is 2.33. The third-order valence-corrected chi connectivity index (χ3v) is 4.20. The second-order valence-corrected chi connectivity index (χ2v) is 5.23. The van der Waals surface area contributed by atoms with Crippen LogP contribution in [0.4, 0.5) is 5.69 Å². The van der Waals surface area contributed by atoms with E-state index in [-0.39, 0.29) is 0 Å². The molecule has 2 aliphatic heterocycles. The molecular formula is C15H19N3. The van der Waals surface area contributed by atoms with Gasteiger partial charge in [-0.1, -0.05) is 12.1 Å². The Morgan fingerprint density at radius 1 is 1.22 bits per heavy atom. The van der Waals surface area contributed by atoms with E-state index in [0.29, 0.717) is 12.1 Å². The quantitative estimate of drug-likeness (QED) is 0.863. The minimum absolute atomic E-state index is 0.571. The first kappa shape index (κ1) is 11.6. The number of benzene rings is 1. The van der Waals surface area contributed by atoms with Crippen LogP contribution in [-0.4, -0.2) is 25.2 Å². The van der Waals surface area contributed by atoms with Crippen molar-refractivity contribution in [3.8, 4) is 6.07 Å². The molecule has 1 aromatic rings. The average molecular weight is 241 g/mol. The monoisotopic (exact) mass is 241 g/mol. The van der Waals surface area contributed by atoms with Gasteiger partial charge in [-0.05, 0) is 44.4 Å². The van der Waals surface area contributed by atoms with Crippen molar-refractivity contribution in [3.63, 3.8) is 0 Å². The van der Waals surface area contributed by atoms with Crippen LogP contribution in [0.25, 0.3) is 0 Å². The number of para-hydroxylation sites is 1. The summed E-state index contributed by atoms with van der Waals surface area (Å²) in [5.41, 5.74) is 1.93. The molecule has 2 heterocycles.